The molecular weight excluding hydrogens is 259 g/mol. The molecule has 0 bridgehead atoms. The average molecular weight is 279 g/mol. The SMILES string of the molecule is NC(CC1(CN2CCCC(C(F)(F)F)C2)CC1)=NO. The molecule has 1 atom stereocenters. The minimum Gasteiger partial charge on any atom is -0.409 e. The number of halogens is 3. The third-order valence-corrected chi connectivity index (χ3v) is 4.17. The van der Waals surface area contributed by atoms with E-state index in [1.807, 2.05) is 4.90 Å². The minimum absolute atomic E-state index is 0.0657. The van der Waals surface area contributed by atoms with Crippen molar-refractivity contribution in [2.45, 2.75) is 38.3 Å². The summed E-state index contributed by atoms with van der Waals surface area (Å²) in [5.74, 6) is -1.04. The summed E-state index contributed by atoms with van der Waals surface area (Å²) in [6.45, 7) is 1.42. The van der Waals surface area contributed by atoms with E-state index < -0.39 is 12.1 Å². The molecule has 3 N–H and O–H groups in total. The Bertz CT molecular complexity index is 353. The van der Waals surface area contributed by atoms with Gasteiger partial charge in [-0.05, 0) is 37.6 Å². The second-order valence-electron chi connectivity index (χ2n) is 5.88. The van der Waals surface area contributed by atoms with Crippen LogP contribution in [-0.2, 0) is 0 Å². The van der Waals surface area contributed by atoms with Crippen molar-refractivity contribution in [3.63, 3.8) is 0 Å². The third-order valence-electron chi connectivity index (χ3n) is 4.17. The molecule has 1 unspecified atom stereocenters. The van der Waals surface area contributed by atoms with Gasteiger partial charge in [-0.25, -0.2) is 0 Å². The van der Waals surface area contributed by atoms with Crippen LogP contribution in [0, 0.1) is 11.3 Å². The molecule has 1 saturated heterocycles. The molecule has 1 saturated carbocycles. The zero-order valence-corrected chi connectivity index (χ0v) is 10.8. The van der Waals surface area contributed by atoms with Crippen molar-refractivity contribution in [1.29, 1.82) is 0 Å². The van der Waals surface area contributed by atoms with E-state index in [0.717, 1.165) is 12.8 Å². The topological polar surface area (TPSA) is 61.8 Å². The largest absolute Gasteiger partial charge is 0.409 e. The van der Waals surface area contributed by atoms with Crippen molar-refractivity contribution < 1.29 is 18.4 Å². The van der Waals surface area contributed by atoms with Crippen LogP contribution < -0.4 is 5.73 Å². The lowest BCUT2D eigenvalue weighted by molar-refractivity contribution is -0.187. The number of rotatable bonds is 4. The Hall–Kier alpha value is -0.980. The highest BCUT2D eigenvalue weighted by atomic mass is 19.4. The molecule has 7 heteroatoms. The molecule has 1 heterocycles. The van der Waals surface area contributed by atoms with Crippen molar-refractivity contribution in [3.05, 3.63) is 0 Å². The zero-order valence-electron chi connectivity index (χ0n) is 10.8. The summed E-state index contributed by atoms with van der Waals surface area (Å²) in [7, 11) is 0. The zero-order chi connectivity index (χ0) is 14.1. The summed E-state index contributed by atoms with van der Waals surface area (Å²) >= 11 is 0. The standard InChI is InChI=1S/C12H20F3N3O/c13-12(14,15)9-2-1-5-18(7-9)8-11(3-4-11)6-10(16)17-19/h9,19H,1-8H2,(H2,16,17). The molecule has 1 aliphatic heterocycles. The maximum Gasteiger partial charge on any atom is 0.393 e. The normalized spacial score (nSPS) is 28.4. The Kier molecular flexibility index (Phi) is 3.94. The number of alkyl halides is 3. The van der Waals surface area contributed by atoms with Crippen LogP contribution in [0.1, 0.15) is 32.1 Å². The fraction of sp³-hybridized carbons (Fsp3) is 0.917. The number of hydrogen-bond donors (Lipinski definition) is 2. The van der Waals surface area contributed by atoms with E-state index in [2.05, 4.69) is 5.16 Å². The molecular formula is C12H20F3N3O. The Morgan fingerprint density at radius 1 is 1.42 bits per heavy atom. The lowest BCUT2D eigenvalue weighted by Crippen LogP contribution is -2.44. The van der Waals surface area contributed by atoms with Gasteiger partial charge in [-0.15, -0.1) is 0 Å². The maximum atomic E-state index is 12.7. The van der Waals surface area contributed by atoms with Crippen LogP contribution in [0.2, 0.25) is 0 Å². The number of nitrogens with two attached hydrogens (primary N) is 1. The molecule has 0 radical (unpaired) electrons. The van der Waals surface area contributed by atoms with Gasteiger partial charge in [0.25, 0.3) is 0 Å². The lowest BCUT2D eigenvalue weighted by Gasteiger charge is -2.35. The third kappa shape index (κ3) is 3.75. The van der Waals surface area contributed by atoms with Gasteiger partial charge in [0.1, 0.15) is 5.84 Å². The molecule has 2 rings (SSSR count). The van der Waals surface area contributed by atoms with Crippen LogP contribution in [0.25, 0.3) is 0 Å². The number of hydrogen-bond acceptors (Lipinski definition) is 3. The summed E-state index contributed by atoms with van der Waals surface area (Å²) in [6.07, 6.45) is -0.929. The molecule has 0 aromatic carbocycles. The molecule has 2 fully saturated rings. The van der Waals surface area contributed by atoms with Gasteiger partial charge in [0, 0.05) is 19.5 Å². The first kappa shape index (κ1) is 14.4. The smallest absolute Gasteiger partial charge is 0.393 e. The van der Waals surface area contributed by atoms with Crippen molar-refractivity contribution in [3.8, 4) is 0 Å². The van der Waals surface area contributed by atoms with Crippen LogP contribution in [0.5, 0.6) is 0 Å². The van der Waals surface area contributed by atoms with Crippen molar-refractivity contribution >= 4 is 5.84 Å². The van der Waals surface area contributed by atoms with Crippen molar-refractivity contribution in [1.82, 2.24) is 4.90 Å². The van der Waals surface area contributed by atoms with E-state index in [4.69, 9.17) is 10.9 Å². The second-order valence-corrected chi connectivity index (χ2v) is 5.88. The molecule has 4 nitrogen and oxygen atoms in total. The lowest BCUT2D eigenvalue weighted by atomic mass is 9.94. The highest BCUT2D eigenvalue weighted by Crippen LogP contribution is 2.50. The second kappa shape index (κ2) is 5.19. The van der Waals surface area contributed by atoms with E-state index >= 15 is 0 Å². The predicted molar refractivity (Wildman–Crippen MR) is 64.9 cm³/mol. The molecule has 110 valence electrons. The van der Waals surface area contributed by atoms with Gasteiger partial charge in [-0.3, -0.25) is 0 Å². The fourth-order valence-electron chi connectivity index (χ4n) is 2.93. The molecule has 0 spiro atoms. The molecule has 0 aromatic rings. The fourth-order valence-corrected chi connectivity index (χ4v) is 2.93. The van der Waals surface area contributed by atoms with Crippen LogP contribution in [0.15, 0.2) is 5.16 Å². The van der Waals surface area contributed by atoms with Crippen LogP contribution >= 0.6 is 0 Å². The Morgan fingerprint density at radius 3 is 2.63 bits per heavy atom. The van der Waals surface area contributed by atoms with E-state index in [1.165, 1.54) is 0 Å². The highest BCUT2D eigenvalue weighted by molar-refractivity contribution is 5.80. The van der Waals surface area contributed by atoms with Crippen molar-refractivity contribution in [2.75, 3.05) is 19.6 Å². The van der Waals surface area contributed by atoms with Gasteiger partial charge in [-0.1, -0.05) is 5.16 Å². The Balaban J connectivity index is 1.89. The van der Waals surface area contributed by atoms with Gasteiger partial charge in [-0.2, -0.15) is 13.2 Å². The maximum absolute atomic E-state index is 12.7. The van der Waals surface area contributed by atoms with Crippen LogP contribution in [0.3, 0.4) is 0 Å². The van der Waals surface area contributed by atoms with Gasteiger partial charge in [0.15, 0.2) is 0 Å². The molecule has 1 aliphatic carbocycles. The predicted octanol–water partition coefficient (Wildman–Crippen LogP) is 2.18. The van der Waals surface area contributed by atoms with Gasteiger partial charge >= 0.3 is 6.18 Å². The molecule has 0 aromatic heterocycles. The first-order chi connectivity index (χ1) is 8.85. The van der Waals surface area contributed by atoms with Crippen molar-refractivity contribution in [2.24, 2.45) is 22.2 Å². The Labute approximate surface area is 110 Å². The molecule has 0 amide bonds. The van der Waals surface area contributed by atoms with E-state index in [1.54, 1.807) is 0 Å². The van der Waals surface area contributed by atoms with Gasteiger partial charge < -0.3 is 15.8 Å². The first-order valence-corrected chi connectivity index (χ1v) is 6.60. The molecule has 19 heavy (non-hydrogen) atoms. The number of amidine groups is 1. The monoisotopic (exact) mass is 279 g/mol. The first-order valence-electron chi connectivity index (χ1n) is 6.60. The Morgan fingerprint density at radius 2 is 2.11 bits per heavy atom. The van der Waals surface area contributed by atoms with E-state index in [-0.39, 0.29) is 24.2 Å². The molecule has 2 aliphatic rings. The summed E-state index contributed by atoms with van der Waals surface area (Å²) < 4.78 is 38.2. The number of piperidine rings is 1. The van der Waals surface area contributed by atoms with E-state index in [0.29, 0.717) is 25.9 Å². The van der Waals surface area contributed by atoms with Gasteiger partial charge in [0.05, 0.1) is 5.92 Å². The van der Waals surface area contributed by atoms with Crippen LogP contribution in [0.4, 0.5) is 13.2 Å². The quantitative estimate of drug-likeness (QED) is 0.359. The number of nitrogens with zero attached hydrogens (tertiary/aromatic N) is 2. The number of likely N-dealkylation sites (tertiary alicyclic amines) is 1. The number of oxime groups is 1. The summed E-state index contributed by atoms with van der Waals surface area (Å²) in [6, 6.07) is 0. The summed E-state index contributed by atoms with van der Waals surface area (Å²) in [5, 5.41) is 11.5. The average Bonchev–Trinajstić information content (AvgIpc) is 3.07. The van der Waals surface area contributed by atoms with Gasteiger partial charge in [0.2, 0.25) is 0 Å². The van der Waals surface area contributed by atoms with Crippen LogP contribution in [-0.4, -0.2) is 41.8 Å². The van der Waals surface area contributed by atoms with E-state index in [9.17, 15) is 13.2 Å². The summed E-state index contributed by atoms with van der Waals surface area (Å²) in [4.78, 5) is 1.89. The summed E-state index contributed by atoms with van der Waals surface area (Å²) in [5.41, 5.74) is 5.44. The highest BCUT2D eigenvalue weighted by Gasteiger charge is 2.47. The minimum atomic E-state index is -4.10.